The average Bonchev–Trinajstić information content (AvgIpc) is 2.36. The summed E-state index contributed by atoms with van der Waals surface area (Å²) in [6.07, 6.45) is 6.88. The molecule has 0 aromatic rings. The van der Waals surface area contributed by atoms with E-state index in [1.165, 1.54) is 32.1 Å². The van der Waals surface area contributed by atoms with Gasteiger partial charge in [0.1, 0.15) is 0 Å². The summed E-state index contributed by atoms with van der Waals surface area (Å²) >= 11 is 0. The van der Waals surface area contributed by atoms with Gasteiger partial charge in [0.2, 0.25) is 11.8 Å². The van der Waals surface area contributed by atoms with Crippen LogP contribution < -0.4 is 16.4 Å². The first-order chi connectivity index (χ1) is 8.99. The van der Waals surface area contributed by atoms with Gasteiger partial charge in [0.25, 0.3) is 0 Å². The summed E-state index contributed by atoms with van der Waals surface area (Å²) in [5.41, 5.74) is 5.89. The molecule has 5 heteroatoms. The van der Waals surface area contributed by atoms with E-state index >= 15 is 0 Å². The van der Waals surface area contributed by atoms with Crippen LogP contribution in [0.25, 0.3) is 0 Å². The van der Waals surface area contributed by atoms with Gasteiger partial charge in [-0.25, -0.2) is 0 Å². The summed E-state index contributed by atoms with van der Waals surface area (Å²) in [5.74, 6) is 0.177. The quantitative estimate of drug-likeness (QED) is 0.670. The van der Waals surface area contributed by atoms with E-state index in [1.807, 2.05) is 13.8 Å². The molecular formula is C14H27N3O2. The highest BCUT2D eigenvalue weighted by Gasteiger charge is 2.21. The van der Waals surface area contributed by atoms with Crippen LogP contribution in [-0.4, -0.2) is 30.4 Å². The Labute approximate surface area is 115 Å². The Hall–Kier alpha value is -1.10. The van der Waals surface area contributed by atoms with E-state index in [-0.39, 0.29) is 24.4 Å². The molecule has 1 atom stereocenters. The highest BCUT2D eigenvalue weighted by atomic mass is 16.2. The molecule has 1 fully saturated rings. The van der Waals surface area contributed by atoms with E-state index < -0.39 is 6.04 Å². The maximum atomic E-state index is 11.8. The van der Waals surface area contributed by atoms with Gasteiger partial charge >= 0.3 is 0 Å². The average molecular weight is 269 g/mol. The maximum Gasteiger partial charge on any atom is 0.239 e. The Morgan fingerprint density at radius 2 is 1.84 bits per heavy atom. The first-order valence-electron chi connectivity index (χ1n) is 7.31. The highest BCUT2D eigenvalue weighted by molar-refractivity contribution is 5.87. The normalized spacial score (nSPS) is 18.1. The van der Waals surface area contributed by atoms with E-state index in [9.17, 15) is 9.59 Å². The van der Waals surface area contributed by atoms with Crippen molar-refractivity contribution in [1.29, 1.82) is 0 Å². The van der Waals surface area contributed by atoms with Crippen LogP contribution in [0.15, 0.2) is 0 Å². The summed E-state index contributed by atoms with van der Waals surface area (Å²) in [7, 11) is 0. The van der Waals surface area contributed by atoms with Crippen LogP contribution >= 0.6 is 0 Å². The van der Waals surface area contributed by atoms with Crippen LogP contribution in [0.3, 0.4) is 0 Å². The Kier molecular flexibility index (Phi) is 6.84. The zero-order chi connectivity index (χ0) is 14.3. The van der Waals surface area contributed by atoms with Crippen molar-refractivity contribution >= 4 is 11.8 Å². The van der Waals surface area contributed by atoms with Crippen molar-refractivity contribution in [2.75, 3.05) is 6.54 Å². The molecule has 1 unspecified atom stereocenters. The van der Waals surface area contributed by atoms with Crippen LogP contribution in [0.2, 0.25) is 0 Å². The van der Waals surface area contributed by atoms with Gasteiger partial charge in [-0.3, -0.25) is 9.59 Å². The molecule has 1 aliphatic carbocycles. The second-order valence-electron chi connectivity index (χ2n) is 5.79. The Balaban J connectivity index is 2.22. The van der Waals surface area contributed by atoms with Crippen molar-refractivity contribution in [2.24, 2.45) is 11.7 Å². The van der Waals surface area contributed by atoms with Crippen molar-refractivity contribution in [3.8, 4) is 0 Å². The van der Waals surface area contributed by atoms with Crippen LogP contribution in [0.4, 0.5) is 0 Å². The van der Waals surface area contributed by atoms with E-state index in [2.05, 4.69) is 10.6 Å². The van der Waals surface area contributed by atoms with Crippen molar-refractivity contribution < 1.29 is 9.59 Å². The van der Waals surface area contributed by atoms with Crippen LogP contribution in [0.5, 0.6) is 0 Å². The minimum atomic E-state index is -0.491. The molecular weight excluding hydrogens is 242 g/mol. The third kappa shape index (κ3) is 6.57. The van der Waals surface area contributed by atoms with Crippen molar-refractivity contribution in [2.45, 2.75) is 64.5 Å². The van der Waals surface area contributed by atoms with Crippen molar-refractivity contribution in [3.63, 3.8) is 0 Å². The summed E-state index contributed by atoms with van der Waals surface area (Å²) in [5, 5.41) is 5.33. The first-order valence-corrected chi connectivity index (χ1v) is 7.31. The predicted molar refractivity (Wildman–Crippen MR) is 75.5 cm³/mol. The molecule has 0 heterocycles. The molecule has 1 rings (SSSR count). The fraction of sp³-hybridized carbons (Fsp3) is 0.857. The van der Waals surface area contributed by atoms with Crippen molar-refractivity contribution in [1.82, 2.24) is 10.6 Å². The second-order valence-corrected chi connectivity index (χ2v) is 5.79. The monoisotopic (exact) mass is 269 g/mol. The molecule has 0 saturated heterocycles. The molecule has 0 bridgehead atoms. The minimum absolute atomic E-state index is 0.00931. The molecule has 0 aliphatic heterocycles. The number of carbonyl (C=O) groups is 2. The number of amides is 2. The topological polar surface area (TPSA) is 84.2 Å². The second kappa shape index (κ2) is 8.15. The third-order valence-electron chi connectivity index (χ3n) is 3.52. The van der Waals surface area contributed by atoms with Gasteiger partial charge in [-0.05, 0) is 26.2 Å². The molecule has 0 radical (unpaired) electrons. The fourth-order valence-corrected chi connectivity index (χ4v) is 2.56. The lowest BCUT2D eigenvalue weighted by molar-refractivity contribution is -0.127. The van der Waals surface area contributed by atoms with Crippen molar-refractivity contribution in [3.05, 3.63) is 0 Å². The molecule has 0 aromatic heterocycles. The molecule has 1 aliphatic rings. The highest BCUT2D eigenvalue weighted by Crippen LogP contribution is 2.26. The number of nitrogens with one attached hydrogen (secondary N) is 2. The summed E-state index contributed by atoms with van der Waals surface area (Å²) in [4.78, 5) is 23.2. The standard InChI is InChI=1S/C14H27N3O2/c1-10(2)17-13(18)9-16-14(19)12(15)8-11-6-4-3-5-7-11/h10-12H,3-9,15H2,1-2H3,(H,16,19)(H,17,18). The van der Waals surface area contributed by atoms with E-state index in [0.29, 0.717) is 5.92 Å². The number of carbonyl (C=O) groups excluding carboxylic acids is 2. The molecule has 19 heavy (non-hydrogen) atoms. The molecule has 5 nitrogen and oxygen atoms in total. The predicted octanol–water partition coefficient (Wildman–Crippen LogP) is 0.925. The Morgan fingerprint density at radius 1 is 1.21 bits per heavy atom. The lowest BCUT2D eigenvalue weighted by Gasteiger charge is -2.24. The van der Waals surface area contributed by atoms with Gasteiger partial charge in [-0.15, -0.1) is 0 Å². The van der Waals surface area contributed by atoms with Gasteiger partial charge < -0.3 is 16.4 Å². The zero-order valence-corrected chi connectivity index (χ0v) is 12.1. The van der Waals surface area contributed by atoms with E-state index in [4.69, 9.17) is 5.73 Å². The lowest BCUT2D eigenvalue weighted by atomic mass is 9.85. The van der Waals surface area contributed by atoms with Gasteiger partial charge in [-0.1, -0.05) is 32.1 Å². The zero-order valence-electron chi connectivity index (χ0n) is 12.1. The largest absolute Gasteiger partial charge is 0.352 e. The third-order valence-corrected chi connectivity index (χ3v) is 3.52. The lowest BCUT2D eigenvalue weighted by Crippen LogP contribution is -2.46. The van der Waals surface area contributed by atoms with Gasteiger partial charge in [0.05, 0.1) is 12.6 Å². The SMILES string of the molecule is CC(C)NC(=O)CNC(=O)C(N)CC1CCCCC1. The molecule has 2 amide bonds. The Morgan fingerprint density at radius 3 is 2.42 bits per heavy atom. The first kappa shape index (κ1) is 16.0. The van der Waals surface area contributed by atoms with Gasteiger partial charge in [0.15, 0.2) is 0 Å². The van der Waals surface area contributed by atoms with Crippen LogP contribution in [0.1, 0.15) is 52.4 Å². The number of hydrogen-bond donors (Lipinski definition) is 3. The van der Waals surface area contributed by atoms with Crippen LogP contribution in [0, 0.1) is 5.92 Å². The number of rotatable bonds is 6. The summed E-state index contributed by atoms with van der Waals surface area (Å²) < 4.78 is 0. The minimum Gasteiger partial charge on any atom is -0.352 e. The van der Waals surface area contributed by atoms with Gasteiger partial charge in [0, 0.05) is 6.04 Å². The molecule has 4 N–H and O–H groups in total. The number of hydrogen-bond acceptors (Lipinski definition) is 3. The molecule has 110 valence electrons. The van der Waals surface area contributed by atoms with Crippen LogP contribution in [-0.2, 0) is 9.59 Å². The summed E-state index contributed by atoms with van der Waals surface area (Å²) in [6, 6.07) is -0.407. The Bertz CT molecular complexity index is 299. The molecule has 0 aromatic carbocycles. The maximum absolute atomic E-state index is 11.8. The number of nitrogens with two attached hydrogens (primary N) is 1. The molecule has 1 saturated carbocycles. The van der Waals surface area contributed by atoms with E-state index in [1.54, 1.807) is 0 Å². The van der Waals surface area contributed by atoms with Gasteiger partial charge in [-0.2, -0.15) is 0 Å². The van der Waals surface area contributed by atoms with E-state index in [0.717, 1.165) is 6.42 Å². The fourth-order valence-electron chi connectivity index (χ4n) is 2.56. The summed E-state index contributed by atoms with van der Waals surface area (Å²) in [6.45, 7) is 3.78. The molecule has 0 spiro atoms. The smallest absolute Gasteiger partial charge is 0.239 e.